The van der Waals surface area contributed by atoms with Gasteiger partial charge in [-0.25, -0.2) is 8.78 Å². The van der Waals surface area contributed by atoms with Gasteiger partial charge in [0.2, 0.25) is 0 Å². The Balaban J connectivity index is 2.33. The van der Waals surface area contributed by atoms with E-state index in [1.54, 1.807) is 0 Å². The van der Waals surface area contributed by atoms with Crippen LogP contribution in [0.25, 0.3) is 11.1 Å². The molecule has 100 valence electrons. The molecular formula is C13H7F5S. The lowest BCUT2D eigenvalue weighted by atomic mass is 10.1. The summed E-state index contributed by atoms with van der Waals surface area (Å²) in [4.78, 5) is 0.0639. The second-order valence-corrected chi connectivity index (χ2v) is 6.27. The highest BCUT2D eigenvalue weighted by atomic mass is 32.2. The SMILES string of the molecule is Fc1ccc2c(c1)-c1cc(F)ccc1[SH]2C(F)(F)F. The van der Waals surface area contributed by atoms with Crippen LogP contribution in [0.1, 0.15) is 0 Å². The van der Waals surface area contributed by atoms with E-state index in [1.165, 1.54) is 0 Å². The first-order valence-electron chi connectivity index (χ1n) is 5.34. The molecule has 0 aliphatic carbocycles. The minimum absolute atomic E-state index is 0.0319. The van der Waals surface area contributed by atoms with Gasteiger partial charge in [0.05, 0.1) is 0 Å². The normalized spacial score (nSPS) is 15.3. The van der Waals surface area contributed by atoms with Crippen LogP contribution in [-0.4, -0.2) is 5.51 Å². The third-order valence-corrected chi connectivity index (χ3v) is 5.19. The number of fused-ring (bicyclic) bond motifs is 3. The molecule has 6 heteroatoms. The number of rotatable bonds is 0. The van der Waals surface area contributed by atoms with Crippen LogP contribution in [0.4, 0.5) is 22.0 Å². The van der Waals surface area contributed by atoms with Crippen LogP contribution < -0.4 is 0 Å². The highest BCUT2D eigenvalue weighted by Gasteiger charge is 2.44. The zero-order chi connectivity index (χ0) is 13.8. The lowest BCUT2D eigenvalue weighted by Gasteiger charge is -2.21. The highest BCUT2D eigenvalue weighted by molar-refractivity contribution is 8.18. The number of hydrogen-bond acceptors (Lipinski definition) is 0. The lowest BCUT2D eigenvalue weighted by molar-refractivity contribution is -0.0353. The van der Waals surface area contributed by atoms with E-state index in [9.17, 15) is 22.0 Å². The van der Waals surface area contributed by atoms with E-state index in [1.807, 2.05) is 0 Å². The fourth-order valence-electron chi connectivity index (χ4n) is 2.24. The van der Waals surface area contributed by atoms with Crippen molar-refractivity contribution >= 4 is 10.9 Å². The number of hydrogen-bond donors (Lipinski definition) is 1. The van der Waals surface area contributed by atoms with Gasteiger partial charge in [-0.05, 0) is 47.5 Å². The molecule has 0 bridgehead atoms. The molecule has 0 amide bonds. The molecule has 1 aliphatic heterocycles. The Bertz CT molecular complexity index is 611. The Labute approximate surface area is 108 Å². The molecule has 0 nitrogen and oxygen atoms in total. The molecule has 0 saturated carbocycles. The molecule has 0 atom stereocenters. The van der Waals surface area contributed by atoms with E-state index in [0.717, 1.165) is 36.4 Å². The summed E-state index contributed by atoms with van der Waals surface area (Å²) < 4.78 is 65.9. The number of alkyl halides is 3. The maximum Gasteiger partial charge on any atom is 0.431 e. The van der Waals surface area contributed by atoms with Gasteiger partial charge >= 0.3 is 5.51 Å². The average Bonchev–Trinajstić information content (AvgIpc) is 2.62. The van der Waals surface area contributed by atoms with Crippen molar-refractivity contribution in [1.82, 2.24) is 0 Å². The zero-order valence-electron chi connectivity index (χ0n) is 9.30. The van der Waals surface area contributed by atoms with Gasteiger partial charge in [-0.1, -0.05) is 0 Å². The Morgan fingerprint density at radius 2 is 1.16 bits per heavy atom. The fraction of sp³-hybridized carbons (Fsp3) is 0.0769. The fourth-order valence-corrected chi connectivity index (χ4v) is 4.35. The van der Waals surface area contributed by atoms with E-state index in [-0.39, 0.29) is 20.9 Å². The predicted octanol–water partition coefficient (Wildman–Crippen LogP) is 4.88. The number of benzene rings is 2. The summed E-state index contributed by atoms with van der Waals surface area (Å²) in [7, 11) is -2.58. The summed E-state index contributed by atoms with van der Waals surface area (Å²) in [5.74, 6) is -1.26. The van der Waals surface area contributed by atoms with Crippen molar-refractivity contribution in [3.63, 3.8) is 0 Å². The molecule has 1 aliphatic rings. The topological polar surface area (TPSA) is 0 Å². The third kappa shape index (κ3) is 1.90. The number of halogens is 5. The van der Waals surface area contributed by atoms with E-state index in [0.29, 0.717) is 0 Å². The van der Waals surface area contributed by atoms with Crippen LogP contribution in [0.5, 0.6) is 0 Å². The minimum atomic E-state index is -4.43. The second-order valence-electron chi connectivity index (χ2n) is 4.13. The van der Waals surface area contributed by atoms with E-state index < -0.39 is 28.0 Å². The highest BCUT2D eigenvalue weighted by Crippen LogP contribution is 2.66. The van der Waals surface area contributed by atoms with Gasteiger partial charge in [-0.15, -0.1) is 10.9 Å². The monoisotopic (exact) mass is 290 g/mol. The molecular weight excluding hydrogens is 283 g/mol. The summed E-state index contributed by atoms with van der Waals surface area (Å²) in [5.41, 5.74) is -4.15. The van der Waals surface area contributed by atoms with Crippen LogP contribution in [0.2, 0.25) is 0 Å². The molecule has 2 aromatic rings. The van der Waals surface area contributed by atoms with Crippen molar-refractivity contribution in [3.8, 4) is 11.1 Å². The molecule has 0 unspecified atom stereocenters. The van der Waals surface area contributed by atoms with Crippen molar-refractivity contribution in [3.05, 3.63) is 48.0 Å². The molecule has 0 fully saturated rings. The van der Waals surface area contributed by atoms with Crippen LogP contribution in [0, 0.1) is 11.6 Å². The van der Waals surface area contributed by atoms with Gasteiger partial charge in [0.25, 0.3) is 0 Å². The zero-order valence-corrected chi connectivity index (χ0v) is 10.2. The van der Waals surface area contributed by atoms with Crippen LogP contribution in [0.3, 0.4) is 0 Å². The first kappa shape index (κ1) is 12.5. The van der Waals surface area contributed by atoms with Crippen LogP contribution >= 0.6 is 10.9 Å². The van der Waals surface area contributed by atoms with E-state index >= 15 is 0 Å². The largest absolute Gasteiger partial charge is 0.431 e. The minimum Gasteiger partial charge on any atom is -0.207 e. The summed E-state index contributed by atoms with van der Waals surface area (Å²) >= 11 is 0. The standard InChI is InChI=1S/C13H7F5S/c14-7-1-3-11-9(5-7)10-6-8(15)2-4-12(10)19(11)13(16,17)18/h1-6,19H. The van der Waals surface area contributed by atoms with Gasteiger partial charge in [0, 0.05) is 9.79 Å². The van der Waals surface area contributed by atoms with E-state index in [4.69, 9.17) is 0 Å². The van der Waals surface area contributed by atoms with Gasteiger partial charge in [-0.2, -0.15) is 13.2 Å². The van der Waals surface area contributed by atoms with Crippen molar-refractivity contribution in [1.29, 1.82) is 0 Å². The van der Waals surface area contributed by atoms with Crippen LogP contribution in [-0.2, 0) is 0 Å². The molecule has 0 N–H and O–H groups in total. The second kappa shape index (κ2) is 3.96. The number of thiol groups is 1. The van der Waals surface area contributed by atoms with Gasteiger partial charge in [0.1, 0.15) is 11.6 Å². The summed E-state index contributed by atoms with van der Waals surface area (Å²) in [6.07, 6.45) is 0. The van der Waals surface area contributed by atoms with Gasteiger partial charge in [-0.3, -0.25) is 0 Å². The maximum atomic E-state index is 13.2. The van der Waals surface area contributed by atoms with Crippen molar-refractivity contribution in [2.75, 3.05) is 0 Å². The molecule has 1 heterocycles. The molecule has 0 spiro atoms. The molecule has 2 aromatic carbocycles. The van der Waals surface area contributed by atoms with E-state index in [2.05, 4.69) is 0 Å². The summed E-state index contributed by atoms with van der Waals surface area (Å²) in [6.45, 7) is 0. The van der Waals surface area contributed by atoms with Crippen molar-refractivity contribution in [2.24, 2.45) is 0 Å². The first-order valence-corrected chi connectivity index (χ1v) is 6.68. The summed E-state index contributed by atoms with van der Waals surface area (Å²) in [5, 5.41) is 0. The molecule has 0 saturated heterocycles. The quantitative estimate of drug-likeness (QED) is 0.518. The lowest BCUT2D eigenvalue weighted by Crippen LogP contribution is -2.07. The Morgan fingerprint density at radius 1 is 0.737 bits per heavy atom. The van der Waals surface area contributed by atoms with Crippen molar-refractivity contribution < 1.29 is 22.0 Å². The van der Waals surface area contributed by atoms with Crippen LogP contribution in [0.15, 0.2) is 46.2 Å². The Kier molecular flexibility index (Phi) is 2.60. The molecule has 0 aromatic heterocycles. The van der Waals surface area contributed by atoms with Crippen molar-refractivity contribution in [2.45, 2.75) is 15.3 Å². The average molecular weight is 290 g/mol. The predicted molar refractivity (Wildman–Crippen MR) is 63.4 cm³/mol. The smallest absolute Gasteiger partial charge is 0.207 e. The third-order valence-electron chi connectivity index (χ3n) is 2.94. The molecule has 3 rings (SSSR count). The first-order chi connectivity index (χ1) is 8.88. The summed E-state index contributed by atoms with van der Waals surface area (Å²) in [6, 6.07) is 6.34. The van der Waals surface area contributed by atoms with Gasteiger partial charge < -0.3 is 0 Å². The van der Waals surface area contributed by atoms with Gasteiger partial charge in [0.15, 0.2) is 0 Å². The maximum absolute atomic E-state index is 13.2. The molecule has 19 heavy (non-hydrogen) atoms. The molecule has 0 radical (unpaired) electrons. The Hall–Kier alpha value is -1.56. The Morgan fingerprint density at radius 3 is 1.53 bits per heavy atom.